The number of benzene rings is 1. The normalized spacial score (nSPS) is 12.0. The number of nitrogens with zero attached hydrogens (tertiary/aromatic N) is 4. The van der Waals surface area contributed by atoms with Gasteiger partial charge in [0.15, 0.2) is 0 Å². The zero-order valence-electron chi connectivity index (χ0n) is 13.3. The van der Waals surface area contributed by atoms with Gasteiger partial charge in [-0.3, -0.25) is 4.79 Å². The summed E-state index contributed by atoms with van der Waals surface area (Å²) >= 11 is 0. The molecule has 2 rings (SSSR count). The van der Waals surface area contributed by atoms with Crippen molar-refractivity contribution in [3.63, 3.8) is 0 Å². The number of ether oxygens (including phenoxy) is 1. The zero-order chi connectivity index (χ0) is 15.9. The monoisotopic (exact) mass is 302 g/mol. The van der Waals surface area contributed by atoms with Crippen molar-refractivity contribution in [2.45, 2.75) is 33.4 Å². The largest absolute Gasteiger partial charge is 0.487 e. The van der Waals surface area contributed by atoms with E-state index in [9.17, 15) is 4.79 Å². The number of likely N-dealkylation sites (N-methyl/N-ethyl adjacent to an activating group) is 1. The Bertz CT molecular complexity index is 593. The maximum atomic E-state index is 12.3. The molecule has 1 atom stereocenters. The van der Waals surface area contributed by atoms with E-state index in [1.165, 1.54) is 0 Å². The van der Waals surface area contributed by atoms with Crippen LogP contribution in [0.3, 0.4) is 0 Å². The van der Waals surface area contributed by atoms with Crippen molar-refractivity contribution < 1.29 is 9.53 Å². The van der Waals surface area contributed by atoms with Gasteiger partial charge in [-0.15, -0.1) is 5.10 Å². The number of aromatic nitrogens is 3. The van der Waals surface area contributed by atoms with Crippen LogP contribution < -0.4 is 4.74 Å². The fourth-order valence-electron chi connectivity index (χ4n) is 2.16. The minimum absolute atomic E-state index is 0.0467. The summed E-state index contributed by atoms with van der Waals surface area (Å²) in [6.45, 7) is 7.48. The third kappa shape index (κ3) is 3.84. The van der Waals surface area contributed by atoms with Crippen molar-refractivity contribution in [3.05, 3.63) is 42.2 Å². The number of amides is 1. The lowest BCUT2D eigenvalue weighted by Crippen LogP contribution is -2.36. The van der Waals surface area contributed by atoms with Gasteiger partial charge in [0, 0.05) is 13.1 Å². The Morgan fingerprint density at radius 3 is 2.59 bits per heavy atom. The van der Waals surface area contributed by atoms with Gasteiger partial charge in [0.2, 0.25) is 5.91 Å². The molecule has 0 aliphatic carbocycles. The molecule has 0 N–H and O–H groups in total. The molecule has 0 unspecified atom stereocenters. The van der Waals surface area contributed by atoms with Crippen molar-refractivity contribution in [1.29, 1.82) is 0 Å². The van der Waals surface area contributed by atoms with Gasteiger partial charge in [-0.1, -0.05) is 23.4 Å². The molecule has 118 valence electrons. The molecular weight excluding hydrogens is 280 g/mol. The first-order chi connectivity index (χ1) is 10.7. The molecule has 0 fully saturated rings. The molecule has 0 bridgehead atoms. The smallest absolute Gasteiger partial charge is 0.247 e. The Kier molecular flexibility index (Phi) is 5.52. The van der Waals surface area contributed by atoms with Crippen molar-refractivity contribution >= 4 is 5.91 Å². The van der Waals surface area contributed by atoms with E-state index in [1.807, 2.05) is 51.1 Å². The fourth-order valence-corrected chi connectivity index (χ4v) is 2.16. The lowest BCUT2D eigenvalue weighted by atomic mass is 10.3. The van der Waals surface area contributed by atoms with E-state index < -0.39 is 0 Å². The van der Waals surface area contributed by atoms with Gasteiger partial charge in [-0.2, -0.15) is 0 Å². The van der Waals surface area contributed by atoms with Crippen LogP contribution in [0.5, 0.6) is 5.75 Å². The molecule has 22 heavy (non-hydrogen) atoms. The Morgan fingerprint density at radius 2 is 1.95 bits per heavy atom. The van der Waals surface area contributed by atoms with Gasteiger partial charge in [-0.05, 0) is 32.9 Å². The molecule has 0 saturated carbocycles. The first-order valence-electron chi connectivity index (χ1n) is 7.53. The third-order valence-corrected chi connectivity index (χ3v) is 3.52. The van der Waals surface area contributed by atoms with Gasteiger partial charge in [-0.25, -0.2) is 4.68 Å². The van der Waals surface area contributed by atoms with Crippen LogP contribution in [0.25, 0.3) is 0 Å². The molecule has 0 radical (unpaired) electrons. The Balaban J connectivity index is 1.97. The van der Waals surface area contributed by atoms with Crippen LogP contribution in [-0.2, 0) is 11.4 Å². The molecule has 0 spiro atoms. The van der Waals surface area contributed by atoms with E-state index in [-0.39, 0.29) is 11.9 Å². The average molecular weight is 302 g/mol. The molecule has 0 aliphatic heterocycles. The first-order valence-corrected chi connectivity index (χ1v) is 7.53. The molecule has 1 heterocycles. The second-order valence-corrected chi connectivity index (χ2v) is 4.98. The van der Waals surface area contributed by atoms with Crippen LogP contribution in [0.2, 0.25) is 0 Å². The Hall–Kier alpha value is -2.37. The average Bonchev–Trinajstić information content (AvgIpc) is 3.03. The molecule has 2 aromatic rings. The minimum Gasteiger partial charge on any atom is -0.487 e. The predicted octanol–water partition coefficient (Wildman–Crippen LogP) is 2.29. The number of hydrogen-bond donors (Lipinski definition) is 0. The number of para-hydroxylation sites is 1. The number of carbonyl (C=O) groups is 1. The summed E-state index contributed by atoms with van der Waals surface area (Å²) < 4.78 is 7.21. The van der Waals surface area contributed by atoms with E-state index in [0.29, 0.717) is 25.4 Å². The van der Waals surface area contributed by atoms with Gasteiger partial charge < -0.3 is 9.64 Å². The zero-order valence-corrected chi connectivity index (χ0v) is 13.3. The quantitative estimate of drug-likeness (QED) is 0.787. The van der Waals surface area contributed by atoms with Crippen molar-refractivity contribution in [1.82, 2.24) is 19.9 Å². The highest BCUT2D eigenvalue weighted by Crippen LogP contribution is 2.12. The van der Waals surface area contributed by atoms with Gasteiger partial charge in [0.25, 0.3) is 0 Å². The number of hydrogen-bond acceptors (Lipinski definition) is 4. The fraction of sp³-hybridized carbons (Fsp3) is 0.438. The highest BCUT2D eigenvalue weighted by atomic mass is 16.5. The molecule has 6 heteroatoms. The van der Waals surface area contributed by atoms with Crippen LogP contribution in [0, 0.1) is 0 Å². The van der Waals surface area contributed by atoms with Gasteiger partial charge >= 0.3 is 0 Å². The maximum Gasteiger partial charge on any atom is 0.247 e. The standard InChI is InChI=1S/C16H22N4O2/c1-4-19(5-2)16(21)13(3)20-11-14(17-18-20)12-22-15-9-7-6-8-10-15/h6-11,13H,4-5,12H2,1-3H3/t13-/m1/s1. The second-order valence-electron chi connectivity index (χ2n) is 4.98. The van der Waals surface area contributed by atoms with Crippen molar-refractivity contribution in [2.75, 3.05) is 13.1 Å². The summed E-state index contributed by atoms with van der Waals surface area (Å²) in [5, 5.41) is 8.10. The third-order valence-electron chi connectivity index (χ3n) is 3.52. The van der Waals surface area contributed by atoms with Gasteiger partial charge in [0.1, 0.15) is 24.1 Å². The van der Waals surface area contributed by atoms with E-state index in [4.69, 9.17) is 4.74 Å². The van der Waals surface area contributed by atoms with Crippen molar-refractivity contribution in [3.8, 4) is 5.75 Å². The lowest BCUT2D eigenvalue weighted by molar-refractivity contribution is -0.134. The van der Waals surface area contributed by atoms with Crippen LogP contribution >= 0.6 is 0 Å². The summed E-state index contributed by atoms with van der Waals surface area (Å²) in [7, 11) is 0. The van der Waals surface area contributed by atoms with Crippen LogP contribution in [0.4, 0.5) is 0 Å². The van der Waals surface area contributed by atoms with Gasteiger partial charge in [0.05, 0.1) is 6.20 Å². The van der Waals surface area contributed by atoms with E-state index >= 15 is 0 Å². The Labute approximate surface area is 130 Å². The van der Waals surface area contributed by atoms with E-state index in [2.05, 4.69) is 10.3 Å². The molecule has 1 aromatic carbocycles. The topological polar surface area (TPSA) is 60.2 Å². The molecular formula is C16H22N4O2. The van der Waals surface area contributed by atoms with Crippen molar-refractivity contribution in [2.24, 2.45) is 0 Å². The Morgan fingerprint density at radius 1 is 1.27 bits per heavy atom. The molecule has 1 aromatic heterocycles. The highest BCUT2D eigenvalue weighted by Gasteiger charge is 2.21. The SMILES string of the molecule is CCN(CC)C(=O)[C@@H](C)n1cc(COc2ccccc2)nn1. The summed E-state index contributed by atoms with van der Waals surface area (Å²) in [4.78, 5) is 14.1. The van der Waals surface area contributed by atoms with E-state index in [0.717, 1.165) is 5.75 Å². The molecule has 0 saturated heterocycles. The molecule has 0 aliphatic rings. The first kappa shape index (κ1) is 16.0. The summed E-state index contributed by atoms with van der Waals surface area (Å²) in [5.41, 5.74) is 0.697. The maximum absolute atomic E-state index is 12.3. The second kappa shape index (κ2) is 7.59. The summed E-state index contributed by atoms with van der Waals surface area (Å²) in [5.74, 6) is 0.828. The van der Waals surface area contributed by atoms with Crippen LogP contribution in [0.1, 0.15) is 32.5 Å². The number of carbonyl (C=O) groups excluding carboxylic acids is 1. The summed E-state index contributed by atoms with van der Waals surface area (Å²) in [6, 6.07) is 9.17. The molecule has 6 nitrogen and oxygen atoms in total. The lowest BCUT2D eigenvalue weighted by Gasteiger charge is -2.22. The van der Waals surface area contributed by atoms with E-state index in [1.54, 1.807) is 15.8 Å². The molecule has 1 amide bonds. The minimum atomic E-state index is -0.363. The number of rotatable bonds is 7. The van der Waals surface area contributed by atoms with Crippen LogP contribution in [-0.4, -0.2) is 38.9 Å². The predicted molar refractivity (Wildman–Crippen MR) is 83.4 cm³/mol. The highest BCUT2D eigenvalue weighted by molar-refractivity contribution is 5.79. The summed E-state index contributed by atoms with van der Waals surface area (Å²) in [6.07, 6.45) is 1.76. The van der Waals surface area contributed by atoms with Crippen LogP contribution in [0.15, 0.2) is 36.5 Å².